The average molecular weight is 247 g/mol. The van der Waals surface area contributed by atoms with E-state index >= 15 is 0 Å². The molecule has 100 valence electrons. The highest BCUT2D eigenvalue weighted by Crippen LogP contribution is 2.17. The summed E-state index contributed by atoms with van der Waals surface area (Å²) >= 11 is 0. The smallest absolute Gasteiger partial charge is 0.0393 e. The molecule has 1 aliphatic rings. The number of anilines is 1. The first-order valence-electron chi connectivity index (χ1n) is 6.91. The van der Waals surface area contributed by atoms with E-state index in [0.29, 0.717) is 6.04 Å². The predicted molar refractivity (Wildman–Crippen MR) is 78.1 cm³/mol. The lowest BCUT2D eigenvalue weighted by atomic mass is 10.1. The number of piperidine rings is 1. The van der Waals surface area contributed by atoms with Gasteiger partial charge in [0.05, 0.1) is 0 Å². The maximum atomic E-state index is 5.93. The molecular weight excluding hydrogens is 222 g/mol. The summed E-state index contributed by atoms with van der Waals surface area (Å²) in [6.07, 6.45) is 2.29. The van der Waals surface area contributed by atoms with Gasteiger partial charge < -0.3 is 15.5 Å². The molecule has 0 aromatic heterocycles. The molecule has 2 rings (SSSR count). The summed E-state index contributed by atoms with van der Waals surface area (Å²) in [6, 6.07) is 9.00. The summed E-state index contributed by atoms with van der Waals surface area (Å²) in [6.45, 7) is 6.70. The van der Waals surface area contributed by atoms with Gasteiger partial charge in [-0.15, -0.1) is 0 Å². The molecule has 1 fully saturated rings. The van der Waals surface area contributed by atoms with Crippen molar-refractivity contribution in [3.63, 3.8) is 0 Å². The highest BCUT2D eigenvalue weighted by Gasteiger charge is 2.16. The van der Waals surface area contributed by atoms with E-state index in [1.807, 2.05) is 0 Å². The Kier molecular flexibility index (Phi) is 4.61. The second-order valence-electron chi connectivity index (χ2n) is 5.39. The Morgan fingerprint density at radius 3 is 2.61 bits per heavy atom. The maximum absolute atomic E-state index is 5.93. The van der Waals surface area contributed by atoms with Crippen LogP contribution in [0.3, 0.4) is 0 Å². The van der Waals surface area contributed by atoms with Gasteiger partial charge in [0.25, 0.3) is 0 Å². The molecule has 0 aliphatic carbocycles. The number of likely N-dealkylation sites (tertiary alicyclic amines) is 1. The number of nitrogens with zero attached hydrogens (tertiary/aromatic N) is 2. The topological polar surface area (TPSA) is 32.5 Å². The van der Waals surface area contributed by atoms with Crippen molar-refractivity contribution in [2.45, 2.75) is 25.8 Å². The summed E-state index contributed by atoms with van der Waals surface area (Å²) in [4.78, 5) is 4.88. The van der Waals surface area contributed by atoms with E-state index in [4.69, 9.17) is 5.73 Å². The van der Waals surface area contributed by atoms with Gasteiger partial charge in [0, 0.05) is 31.9 Å². The monoisotopic (exact) mass is 247 g/mol. The van der Waals surface area contributed by atoms with Gasteiger partial charge in [-0.25, -0.2) is 0 Å². The number of likely N-dealkylation sites (N-methyl/N-ethyl adjacent to an activating group) is 1. The molecule has 1 heterocycles. The Balaban J connectivity index is 1.81. The predicted octanol–water partition coefficient (Wildman–Crippen LogP) is 1.85. The highest BCUT2D eigenvalue weighted by molar-refractivity contribution is 5.52. The van der Waals surface area contributed by atoms with E-state index in [9.17, 15) is 0 Å². The molecule has 0 saturated carbocycles. The minimum Gasteiger partial charge on any atom is -0.373 e. The molecule has 1 saturated heterocycles. The third-order valence-corrected chi connectivity index (χ3v) is 3.91. The minimum atomic E-state index is 0.426. The summed E-state index contributed by atoms with van der Waals surface area (Å²) in [5.41, 5.74) is 8.61. The fraction of sp³-hybridized carbons (Fsp3) is 0.600. The Morgan fingerprint density at radius 2 is 1.94 bits per heavy atom. The van der Waals surface area contributed by atoms with Crippen LogP contribution in [-0.4, -0.2) is 44.2 Å². The summed E-state index contributed by atoms with van der Waals surface area (Å²) in [5.74, 6) is 0. The Morgan fingerprint density at radius 1 is 1.28 bits per heavy atom. The average Bonchev–Trinajstić information content (AvgIpc) is 2.38. The van der Waals surface area contributed by atoms with E-state index in [2.05, 4.69) is 48.0 Å². The van der Waals surface area contributed by atoms with Crippen molar-refractivity contribution < 1.29 is 0 Å². The Labute approximate surface area is 111 Å². The van der Waals surface area contributed by atoms with Gasteiger partial charge in [0.15, 0.2) is 0 Å². The van der Waals surface area contributed by atoms with Crippen LogP contribution in [0, 0.1) is 6.92 Å². The molecule has 1 aromatic rings. The van der Waals surface area contributed by atoms with Crippen LogP contribution in [0.4, 0.5) is 5.69 Å². The standard InChI is InChI=1S/C15H25N3/c1-13-5-3-4-6-15(13)17(2)11-12-18-9-7-14(16)8-10-18/h3-6,14H,7-12,16H2,1-2H3. The lowest BCUT2D eigenvalue weighted by Crippen LogP contribution is -2.42. The van der Waals surface area contributed by atoms with Gasteiger partial charge >= 0.3 is 0 Å². The van der Waals surface area contributed by atoms with Crippen molar-refractivity contribution >= 4 is 5.69 Å². The van der Waals surface area contributed by atoms with Crippen molar-refractivity contribution in [3.8, 4) is 0 Å². The zero-order valence-corrected chi connectivity index (χ0v) is 11.6. The van der Waals surface area contributed by atoms with Gasteiger partial charge in [-0.1, -0.05) is 18.2 Å². The second-order valence-corrected chi connectivity index (χ2v) is 5.39. The van der Waals surface area contributed by atoms with Crippen LogP contribution >= 0.6 is 0 Å². The van der Waals surface area contributed by atoms with Gasteiger partial charge in [-0.2, -0.15) is 0 Å². The molecule has 0 atom stereocenters. The van der Waals surface area contributed by atoms with E-state index in [1.165, 1.54) is 11.3 Å². The summed E-state index contributed by atoms with van der Waals surface area (Å²) in [7, 11) is 2.18. The quantitative estimate of drug-likeness (QED) is 0.881. The van der Waals surface area contributed by atoms with Crippen LogP contribution in [-0.2, 0) is 0 Å². The highest BCUT2D eigenvalue weighted by atomic mass is 15.2. The van der Waals surface area contributed by atoms with Crippen LogP contribution in [0.15, 0.2) is 24.3 Å². The third kappa shape index (κ3) is 3.47. The van der Waals surface area contributed by atoms with Gasteiger partial charge in [0.2, 0.25) is 0 Å². The molecule has 0 spiro atoms. The SMILES string of the molecule is Cc1ccccc1N(C)CCN1CCC(N)CC1. The molecule has 3 heteroatoms. The van der Waals surface area contributed by atoms with Gasteiger partial charge in [-0.3, -0.25) is 0 Å². The van der Waals surface area contributed by atoms with E-state index < -0.39 is 0 Å². The zero-order chi connectivity index (χ0) is 13.0. The van der Waals surface area contributed by atoms with Crippen molar-refractivity contribution in [1.82, 2.24) is 4.90 Å². The van der Waals surface area contributed by atoms with Crippen LogP contribution in [0.25, 0.3) is 0 Å². The fourth-order valence-electron chi connectivity index (χ4n) is 2.58. The van der Waals surface area contributed by atoms with E-state index in [1.54, 1.807) is 0 Å². The number of para-hydroxylation sites is 1. The minimum absolute atomic E-state index is 0.426. The molecule has 0 amide bonds. The first-order chi connectivity index (χ1) is 8.66. The maximum Gasteiger partial charge on any atom is 0.0393 e. The number of nitrogens with two attached hydrogens (primary N) is 1. The molecule has 2 N–H and O–H groups in total. The molecule has 1 aliphatic heterocycles. The van der Waals surface area contributed by atoms with Gasteiger partial charge in [0.1, 0.15) is 0 Å². The van der Waals surface area contributed by atoms with Crippen molar-refractivity contribution in [2.75, 3.05) is 38.1 Å². The van der Waals surface area contributed by atoms with E-state index in [-0.39, 0.29) is 0 Å². The van der Waals surface area contributed by atoms with Crippen LogP contribution in [0.2, 0.25) is 0 Å². The molecule has 18 heavy (non-hydrogen) atoms. The zero-order valence-electron chi connectivity index (χ0n) is 11.6. The van der Waals surface area contributed by atoms with Crippen molar-refractivity contribution in [3.05, 3.63) is 29.8 Å². The molecule has 1 aromatic carbocycles. The first kappa shape index (κ1) is 13.4. The number of benzene rings is 1. The normalized spacial score (nSPS) is 17.9. The number of hydrogen-bond donors (Lipinski definition) is 1. The summed E-state index contributed by atoms with van der Waals surface area (Å²) in [5, 5.41) is 0. The number of aryl methyl sites for hydroxylation is 1. The fourth-order valence-corrected chi connectivity index (χ4v) is 2.58. The lowest BCUT2D eigenvalue weighted by molar-refractivity contribution is 0.218. The first-order valence-corrected chi connectivity index (χ1v) is 6.91. The van der Waals surface area contributed by atoms with Crippen molar-refractivity contribution in [1.29, 1.82) is 0 Å². The molecule has 3 nitrogen and oxygen atoms in total. The molecule has 0 unspecified atom stereocenters. The van der Waals surface area contributed by atoms with Crippen molar-refractivity contribution in [2.24, 2.45) is 5.73 Å². The number of hydrogen-bond acceptors (Lipinski definition) is 3. The molecular formula is C15H25N3. The second kappa shape index (κ2) is 6.21. The molecule has 0 radical (unpaired) electrons. The Bertz CT molecular complexity index is 370. The Hall–Kier alpha value is -1.06. The van der Waals surface area contributed by atoms with E-state index in [0.717, 1.165) is 39.0 Å². The lowest BCUT2D eigenvalue weighted by Gasteiger charge is -2.32. The van der Waals surface area contributed by atoms with Crippen LogP contribution in [0.1, 0.15) is 18.4 Å². The van der Waals surface area contributed by atoms with Crippen LogP contribution < -0.4 is 10.6 Å². The molecule has 0 bridgehead atoms. The number of rotatable bonds is 4. The third-order valence-electron chi connectivity index (χ3n) is 3.91. The van der Waals surface area contributed by atoms with Gasteiger partial charge in [-0.05, 0) is 44.5 Å². The largest absolute Gasteiger partial charge is 0.373 e. The van der Waals surface area contributed by atoms with Crippen LogP contribution in [0.5, 0.6) is 0 Å². The summed E-state index contributed by atoms with van der Waals surface area (Å²) < 4.78 is 0.